The molecule has 0 bridgehead atoms. The number of amides is 1. The van der Waals surface area contributed by atoms with E-state index >= 15 is 0 Å². The van der Waals surface area contributed by atoms with Gasteiger partial charge in [0.05, 0.1) is 11.0 Å². The van der Waals surface area contributed by atoms with Gasteiger partial charge in [-0.15, -0.1) is 0 Å². The number of nitrogens with zero attached hydrogens (tertiary/aromatic N) is 2. The van der Waals surface area contributed by atoms with Crippen molar-refractivity contribution in [3.63, 3.8) is 0 Å². The van der Waals surface area contributed by atoms with Crippen LogP contribution in [0.15, 0.2) is 18.2 Å². The van der Waals surface area contributed by atoms with E-state index in [1.165, 1.54) is 12.1 Å². The SMILES string of the molecule is N#CC1(NC(=O)c2ccc(Cl)c([N+](=O)[O-])c2)CCCC1. The van der Waals surface area contributed by atoms with Crippen LogP contribution in [0, 0.1) is 21.4 Å². The zero-order valence-corrected chi connectivity index (χ0v) is 11.3. The maximum Gasteiger partial charge on any atom is 0.288 e. The first kappa shape index (κ1) is 14.3. The van der Waals surface area contributed by atoms with Crippen LogP contribution >= 0.6 is 11.6 Å². The molecule has 1 aromatic rings. The fraction of sp³-hybridized carbons (Fsp3) is 0.385. The lowest BCUT2D eigenvalue weighted by atomic mass is 9.99. The maximum absolute atomic E-state index is 12.1. The number of nitrogens with one attached hydrogen (secondary N) is 1. The van der Waals surface area contributed by atoms with Gasteiger partial charge in [-0.05, 0) is 37.8 Å². The Balaban J connectivity index is 2.24. The van der Waals surface area contributed by atoms with Crippen LogP contribution in [-0.4, -0.2) is 16.4 Å². The molecule has 1 amide bonds. The maximum atomic E-state index is 12.1. The van der Waals surface area contributed by atoms with Gasteiger partial charge in [0, 0.05) is 11.6 Å². The lowest BCUT2D eigenvalue weighted by Crippen LogP contribution is -2.45. The summed E-state index contributed by atoms with van der Waals surface area (Å²) in [7, 11) is 0. The third kappa shape index (κ3) is 2.73. The van der Waals surface area contributed by atoms with Gasteiger partial charge in [0.25, 0.3) is 11.6 Å². The minimum Gasteiger partial charge on any atom is -0.334 e. The summed E-state index contributed by atoms with van der Waals surface area (Å²) in [6.45, 7) is 0. The number of hydrogen-bond acceptors (Lipinski definition) is 4. The first-order valence-corrected chi connectivity index (χ1v) is 6.53. The van der Waals surface area contributed by atoms with Crippen molar-refractivity contribution in [2.75, 3.05) is 0 Å². The molecular weight excluding hydrogens is 282 g/mol. The van der Waals surface area contributed by atoms with Gasteiger partial charge in [-0.25, -0.2) is 0 Å². The largest absolute Gasteiger partial charge is 0.334 e. The van der Waals surface area contributed by atoms with E-state index in [-0.39, 0.29) is 16.3 Å². The fourth-order valence-corrected chi connectivity index (χ4v) is 2.51. The molecule has 0 spiro atoms. The minimum atomic E-state index is -0.856. The highest BCUT2D eigenvalue weighted by Crippen LogP contribution is 2.30. The number of nitro groups is 1. The number of nitriles is 1. The molecular formula is C13H12ClN3O3. The predicted molar refractivity (Wildman–Crippen MR) is 72.4 cm³/mol. The Morgan fingerprint density at radius 3 is 2.65 bits per heavy atom. The molecule has 1 aromatic carbocycles. The summed E-state index contributed by atoms with van der Waals surface area (Å²) < 4.78 is 0. The Bertz CT molecular complexity index is 603. The number of carbonyl (C=O) groups is 1. The Kier molecular flexibility index (Phi) is 3.91. The van der Waals surface area contributed by atoms with Crippen LogP contribution in [-0.2, 0) is 0 Å². The summed E-state index contributed by atoms with van der Waals surface area (Å²) in [5.41, 5.74) is -1.05. The van der Waals surface area contributed by atoms with Gasteiger partial charge < -0.3 is 5.32 Å². The molecule has 1 saturated carbocycles. The first-order chi connectivity index (χ1) is 9.47. The number of benzene rings is 1. The summed E-state index contributed by atoms with van der Waals surface area (Å²) in [5, 5.41) is 22.7. The van der Waals surface area contributed by atoms with E-state index in [9.17, 15) is 20.2 Å². The van der Waals surface area contributed by atoms with Crippen molar-refractivity contribution in [2.24, 2.45) is 0 Å². The molecule has 1 fully saturated rings. The second-order valence-corrected chi connectivity index (χ2v) is 5.19. The Labute approximate surface area is 120 Å². The first-order valence-electron chi connectivity index (χ1n) is 6.15. The highest BCUT2D eigenvalue weighted by atomic mass is 35.5. The lowest BCUT2D eigenvalue weighted by molar-refractivity contribution is -0.384. The highest BCUT2D eigenvalue weighted by Gasteiger charge is 2.35. The van der Waals surface area contributed by atoms with Gasteiger partial charge in [-0.2, -0.15) is 5.26 Å². The standard InChI is InChI=1S/C13H12ClN3O3/c14-10-4-3-9(7-11(10)17(19)20)12(18)16-13(8-15)5-1-2-6-13/h3-4,7H,1-2,5-6H2,(H,16,18). The molecule has 0 radical (unpaired) electrons. The summed E-state index contributed by atoms with van der Waals surface area (Å²) in [5.74, 6) is -0.492. The van der Waals surface area contributed by atoms with Crippen molar-refractivity contribution in [1.82, 2.24) is 5.32 Å². The number of halogens is 1. The van der Waals surface area contributed by atoms with E-state index in [2.05, 4.69) is 11.4 Å². The van der Waals surface area contributed by atoms with Crippen molar-refractivity contribution >= 4 is 23.2 Å². The van der Waals surface area contributed by atoms with Crippen LogP contribution in [0.3, 0.4) is 0 Å². The molecule has 0 unspecified atom stereocenters. The number of nitro benzene ring substituents is 1. The second-order valence-electron chi connectivity index (χ2n) is 4.78. The van der Waals surface area contributed by atoms with Gasteiger partial charge in [0.1, 0.15) is 10.6 Å². The van der Waals surface area contributed by atoms with Crippen LogP contribution in [0.1, 0.15) is 36.0 Å². The zero-order valence-electron chi connectivity index (χ0n) is 10.6. The average molecular weight is 294 g/mol. The van der Waals surface area contributed by atoms with Crippen molar-refractivity contribution in [1.29, 1.82) is 5.26 Å². The highest BCUT2D eigenvalue weighted by molar-refractivity contribution is 6.32. The van der Waals surface area contributed by atoms with Crippen molar-refractivity contribution < 1.29 is 9.72 Å². The number of hydrogen-bond donors (Lipinski definition) is 1. The van der Waals surface area contributed by atoms with Crippen LogP contribution < -0.4 is 5.32 Å². The fourth-order valence-electron chi connectivity index (χ4n) is 2.33. The molecule has 7 heteroatoms. The summed E-state index contributed by atoms with van der Waals surface area (Å²) in [4.78, 5) is 22.3. The zero-order chi connectivity index (χ0) is 14.8. The second kappa shape index (κ2) is 5.47. The van der Waals surface area contributed by atoms with Gasteiger partial charge in [0.15, 0.2) is 0 Å². The monoisotopic (exact) mass is 293 g/mol. The third-order valence-electron chi connectivity index (χ3n) is 3.43. The van der Waals surface area contributed by atoms with Crippen LogP contribution in [0.25, 0.3) is 0 Å². The lowest BCUT2D eigenvalue weighted by Gasteiger charge is -2.21. The van der Waals surface area contributed by atoms with E-state index < -0.39 is 16.4 Å². The molecule has 0 saturated heterocycles. The average Bonchev–Trinajstić information content (AvgIpc) is 2.88. The Morgan fingerprint density at radius 2 is 2.10 bits per heavy atom. The summed E-state index contributed by atoms with van der Waals surface area (Å²) in [6.07, 6.45) is 2.97. The van der Waals surface area contributed by atoms with Crippen LogP contribution in [0.4, 0.5) is 5.69 Å². The quantitative estimate of drug-likeness (QED) is 0.684. The number of rotatable bonds is 3. The van der Waals surface area contributed by atoms with Crippen LogP contribution in [0.2, 0.25) is 5.02 Å². The Morgan fingerprint density at radius 1 is 1.45 bits per heavy atom. The summed E-state index contributed by atoms with van der Waals surface area (Å²) in [6, 6.07) is 5.97. The molecule has 1 aliphatic carbocycles. The smallest absolute Gasteiger partial charge is 0.288 e. The topological polar surface area (TPSA) is 96.0 Å². The minimum absolute atomic E-state index is 0.0255. The van der Waals surface area contributed by atoms with E-state index in [1.54, 1.807) is 0 Å². The molecule has 0 aromatic heterocycles. The summed E-state index contributed by atoms with van der Waals surface area (Å²) >= 11 is 5.70. The molecule has 2 rings (SSSR count). The normalized spacial score (nSPS) is 16.4. The van der Waals surface area contributed by atoms with Crippen LogP contribution in [0.5, 0.6) is 0 Å². The van der Waals surface area contributed by atoms with E-state index in [0.29, 0.717) is 12.8 Å². The predicted octanol–water partition coefficient (Wildman–Crippen LogP) is 2.81. The molecule has 6 nitrogen and oxygen atoms in total. The van der Waals surface area contributed by atoms with E-state index in [1.807, 2.05) is 0 Å². The van der Waals surface area contributed by atoms with E-state index in [0.717, 1.165) is 18.9 Å². The molecule has 1 N–H and O–H groups in total. The molecule has 0 heterocycles. The van der Waals surface area contributed by atoms with Gasteiger partial charge in [-0.1, -0.05) is 11.6 Å². The molecule has 104 valence electrons. The van der Waals surface area contributed by atoms with Gasteiger partial charge in [-0.3, -0.25) is 14.9 Å². The molecule has 0 aliphatic heterocycles. The molecule has 20 heavy (non-hydrogen) atoms. The molecule has 1 aliphatic rings. The van der Waals surface area contributed by atoms with Gasteiger partial charge in [0.2, 0.25) is 0 Å². The number of carbonyl (C=O) groups excluding carboxylic acids is 1. The van der Waals surface area contributed by atoms with Gasteiger partial charge >= 0.3 is 0 Å². The molecule has 0 atom stereocenters. The van der Waals surface area contributed by atoms with E-state index in [4.69, 9.17) is 11.6 Å². The van der Waals surface area contributed by atoms with Crippen molar-refractivity contribution in [3.05, 3.63) is 38.9 Å². The Hall–Kier alpha value is -2.13. The third-order valence-corrected chi connectivity index (χ3v) is 3.75. The van der Waals surface area contributed by atoms with Crippen molar-refractivity contribution in [2.45, 2.75) is 31.2 Å². The van der Waals surface area contributed by atoms with Crippen molar-refractivity contribution in [3.8, 4) is 6.07 Å².